The molecule has 2 aromatic heterocycles. The van der Waals surface area contributed by atoms with E-state index >= 15 is 0 Å². The molecule has 144 valence electrons. The number of imidazole rings is 1. The molecule has 1 aromatic carbocycles. The predicted molar refractivity (Wildman–Crippen MR) is 97.0 cm³/mol. The average molecular weight is 377 g/mol. The van der Waals surface area contributed by atoms with Gasteiger partial charge >= 0.3 is 6.18 Å². The number of rotatable bonds is 5. The topological polar surface area (TPSA) is 34.2 Å². The maximum absolute atomic E-state index is 13.1. The van der Waals surface area contributed by atoms with E-state index in [0.29, 0.717) is 35.2 Å². The lowest BCUT2D eigenvalue weighted by atomic mass is 10.0. The average Bonchev–Trinajstić information content (AvgIpc) is 3.35. The van der Waals surface area contributed by atoms with Crippen molar-refractivity contribution < 1.29 is 17.6 Å². The summed E-state index contributed by atoms with van der Waals surface area (Å²) in [4.78, 5) is 6.81. The second kappa shape index (κ2) is 7.03. The summed E-state index contributed by atoms with van der Waals surface area (Å²) < 4.78 is 46.7. The third kappa shape index (κ3) is 3.60. The third-order valence-electron chi connectivity index (χ3n) is 5.23. The first-order chi connectivity index (χ1) is 13.0. The van der Waals surface area contributed by atoms with E-state index in [1.807, 2.05) is 4.57 Å². The Bertz CT molecular complexity index is 915. The maximum atomic E-state index is 13.1. The summed E-state index contributed by atoms with van der Waals surface area (Å²) in [5.41, 5.74) is 0.337. The molecule has 1 unspecified atom stereocenters. The second-order valence-corrected chi connectivity index (χ2v) is 7.20. The molecule has 4 nitrogen and oxygen atoms in total. The number of hydrogen-bond acceptors (Lipinski definition) is 3. The van der Waals surface area contributed by atoms with E-state index in [1.54, 1.807) is 18.4 Å². The Hall–Kier alpha value is -2.28. The van der Waals surface area contributed by atoms with Crippen LogP contribution in [-0.2, 0) is 12.8 Å². The molecule has 1 fully saturated rings. The van der Waals surface area contributed by atoms with Crippen molar-refractivity contribution >= 4 is 11.0 Å². The first-order valence-electron chi connectivity index (χ1n) is 9.29. The molecule has 0 saturated carbocycles. The Morgan fingerprint density at radius 3 is 2.81 bits per heavy atom. The largest absolute Gasteiger partial charge is 0.461 e. The summed E-state index contributed by atoms with van der Waals surface area (Å²) in [6.45, 7) is 4.78. The SMILES string of the molecule is CCCC1CCN(Cn2c(-c3ccco3)nc3cc(C(F)(F)F)ccc32)C1. The fourth-order valence-corrected chi connectivity index (χ4v) is 3.93. The van der Waals surface area contributed by atoms with Crippen molar-refractivity contribution in [3.8, 4) is 11.6 Å². The van der Waals surface area contributed by atoms with Gasteiger partial charge in [-0.1, -0.05) is 13.3 Å². The number of benzene rings is 1. The number of aromatic nitrogens is 2. The van der Waals surface area contributed by atoms with Crippen molar-refractivity contribution in [3.63, 3.8) is 0 Å². The summed E-state index contributed by atoms with van der Waals surface area (Å²) in [7, 11) is 0. The summed E-state index contributed by atoms with van der Waals surface area (Å²) >= 11 is 0. The van der Waals surface area contributed by atoms with Gasteiger partial charge in [-0.15, -0.1) is 0 Å². The summed E-state index contributed by atoms with van der Waals surface area (Å²) in [6, 6.07) is 7.29. The van der Waals surface area contributed by atoms with E-state index in [1.165, 1.54) is 18.9 Å². The molecule has 0 N–H and O–H groups in total. The molecule has 0 spiro atoms. The Labute approximate surface area is 155 Å². The summed E-state index contributed by atoms with van der Waals surface area (Å²) in [5, 5.41) is 0. The third-order valence-corrected chi connectivity index (χ3v) is 5.23. The molecule has 4 rings (SSSR count). The van der Waals surface area contributed by atoms with Gasteiger partial charge in [0.2, 0.25) is 0 Å². The number of alkyl halides is 3. The zero-order chi connectivity index (χ0) is 19.0. The molecule has 0 bridgehead atoms. The number of fused-ring (bicyclic) bond motifs is 1. The fourth-order valence-electron chi connectivity index (χ4n) is 3.93. The van der Waals surface area contributed by atoms with Gasteiger partial charge in [0, 0.05) is 13.1 Å². The van der Waals surface area contributed by atoms with Crippen LogP contribution in [0.15, 0.2) is 41.0 Å². The van der Waals surface area contributed by atoms with Crippen molar-refractivity contribution in [3.05, 3.63) is 42.2 Å². The molecule has 1 atom stereocenters. The second-order valence-electron chi connectivity index (χ2n) is 7.20. The first kappa shape index (κ1) is 18.1. The summed E-state index contributed by atoms with van der Waals surface area (Å²) in [6.07, 6.45) is 0.707. The number of furan rings is 1. The van der Waals surface area contributed by atoms with E-state index in [4.69, 9.17) is 4.42 Å². The van der Waals surface area contributed by atoms with Crippen LogP contribution in [-0.4, -0.2) is 27.5 Å². The van der Waals surface area contributed by atoms with Gasteiger partial charge in [-0.3, -0.25) is 4.90 Å². The van der Waals surface area contributed by atoms with Crippen LogP contribution in [0.3, 0.4) is 0 Å². The van der Waals surface area contributed by atoms with Gasteiger partial charge < -0.3 is 8.98 Å². The highest BCUT2D eigenvalue weighted by atomic mass is 19.4. The van der Waals surface area contributed by atoms with Crippen LogP contribution in [0.4, 0.5) is 13.2 Å². The van der Waals surface area contributed by atoms with Crippen LogP contribution in [0.5, 0.6) is 0 Å². The van der Waals surface area contributed by atoms with Crippen LogP contribution in [0.25, 0.3) is 22.6 Å². The molecule has 3 heterocycles. The first-order valence-corrected chi connectivity index (χ1v) is 9.29. The smallest absolute Gasteiger partial charge is 0.416 e. The molecule has 1 aliphatic heterocycles. The molecule has 0 aliphatic carbocycles. The molecule has 0 radical (unpaired) electrons. The van der Waals surface area contributed by atoms with E-state index < -0.39 is 11.7 Å². The van der Waals surface area contributed by atoms with Crippen LogP contribution in [0.1, 0.15) is 31.7 Å². The number of nitrogens with zero attached hydrogens (tertiary/aromatic N) is 3. The maximum Gasteiger partial charge on any atom is 0.416 e. The molecule has 1 aliphatic rings. The van der Waals surface area contributed by atoms with Crippen molar-refractivity contribution in [2.24, 2.45) is 5.92 Å². The van der Waals surface area contributed by atoms with Gasteiger partial charge in [-0.25, -0.2) is 4.98 Å². The van der Waals surface area contributed by atoms with Gasteiger partial charge in [0.25, 0.3) is 0 Å². The molecule has 3 aromatic rings. The van der Waals surface area contributed by atoms with Crippen LogP contribution in [0.2, 0.25) is 0 Å². The summed E-state index contributed by atoms with van der Waals surface area (Å²) in [5.74, 6) is 1.81. The minimum absolute atomic E-state index is 0.334. The lowest BCUT2D eigenvalue weighted by molar-refractivity contribution is -0.137. The van der Waals surface area contributed by atoms with Gasteiger partial charge in [0.1, 0.15) is 0 Å². The lowest BCUT2D eigenvalue weighted by Gasteiger charge is -2.19. The molecule has 0 amide bonds. The molecule has 7 heteroatoms. The standard InChI is InChI=1S/C20H22F3N3O/c1-2-4-14-8-9-25(12-14)13-26-17-7-6-15(20(21,22)23)11-16(17)24-19(26)18-5-3-10-27-18/h3,5-7,10-11,14H,2,4,8-9,12-13H2,1H3. The predicted octanol–water partition coefficient (Wildman–Crippen LogP) is 5.39. The van der Waals surface area contributed by atoms with E-state index in [9.17, 15) is 13.2 Å². The lowest BCUT2D eigenvalue weighted by Crippen LogP contribution is -2.24. The highest BCUT2D eigenvalue weighted by Crippen LogP contribution is 2.33. The van der Waals surface area contributed by atoms with Crippen LogP contribution in [0, 0.1) is 5.92 Å². The van der Waals surface area contributed by atoms with E-state index in [0.717, 1.165) is 31.6 Å². The zero-order valence-electron chi connectivity index (χ0n) is 15.2. The molecule has 27 heavy (non-hydrogen) atoms. The van der Waals surface area contributed by atoms with Crippen molar-refractivity contribution in [2.75, 3.05) is 13.1 Å². The Balaban J connectivity index is 1.72. The highest BCUT2D eigenvalue weighted by Gasteiger charge is 2.31. The quantitative estimate of drug-likeness (QED) is 0.597. The van der Waals surface area contributed by atoms with Gasteiger partial charge in [-0.2, -0.15) is 13.2 Å². The van der Waals surface area contributed by atoms with Gasteiger partial charge in [-0.05, 0) is 49.1 Å². The van der Waals surface area contributed by atoms with Gasteiger partial charge in [0.05, 0.1) is 29.5 Å². The highest BCUT2D eigenvalue weighted by molar-refractivity contribution is 5.80. The van der Waals surface area contributed by atoms with E-state index in [-0.39, 0.29) is 0 Å². The molecule has 1 saturated heterocycles. The van der Waals surface area contributed by atoms with Crippen LogP contribution < -0.4 is 0 Å². The Morgan fingerprint density at radius 1 is 1.26 bits per heavy atom. The fraction of sp³-hybridized carbons (Fsp3) is 0.450. The monoisotopic (exact) mass is 377 g/mol. The Kier molecular flexibility index (Phi) is 4.72. The van der Waals surface area contributed by atoms with Gasteiger partial charge in [0.15, 0.2) is 11.6 Å². The molecular formula is C20H22F3N3O. The number of halogens is 3. The molecular weight excluding hydrogens is 355 g/mol. The number of likely N-dealkylation sites (tertiary alicyclic amines) is 1. The minimum atomic E-state index is -4.38. The van der Waals surface area contributed by atoms with Crippen molar-refractivity contribution in [1.82, 2.24) is 14.5 Å². The zero-order valence-corrected chi connectivity index (χ0v) is 15.2. The van der Waals surface area contributed by atoms with E-state index in [2.05, 4.69) is 16.8 Å². The normalized spacial score (nSPS) is 18.6. The van der Waals surface area contributed by atoms with Crippen molar-refractivity contribution in [2.45, 2.75) is 39.0 Å². The Morgan fingerprint density at radius 2 is 2.11 bits per heavy atom. The number of hydrogen-bond donors (Lipinski definition) is 0. The van der Waals surface area contributed by atoms with Crippen LogP contribution >= 0.6 is 0 Å². The van der Waals surface area contributed by atoms with Crippen molar-refractivity contribution in [1.29, 1.82) is 0 Å². The minimum Gasteiger partial charge on any atom is -0.461 e.